The lowest BCUT2D eigenvalue weighted by atomic mass is 10.2. The summed E-state index contributed by atoms with van der Waals surface area (Å²) in [6.45, 7) is 0.265. The molecule has 0 aliphatic heterocycles. The standard InChI is InChI=1S/C7H6FI2N/c8-5-1-2-6(9)7(10)4(5)3-11/h1-2H,3,11H2. The van der Waals surface area contributed by atoms with Gasteiger partial charge >= 0.3 is 0 Å². The molecule has 1 rings (SSSR count). The first kappa shape index (κ1) is 9.66. The lowest BCUT2D eigenvalue weighted by Gasteiger charge is -2.03. The second-order valence-electron chi connectivity index (χ2n) is 2.03. The molecule has 0 aromatic heterocycles. The first-order valence-corrected chi connectivity index (χ1v) is 5.15. The quantitative estimate of drug-likeness (QED) is 0.591. The van der Waals surface area contributed by atoms with Gasteiger partial charge in [-0.3, -0.25) is 0 Å². The van der Waals surface area contributed by atoms with Crippen LogP contribution in [0, 0.1) is 13.0 Å². The van der Waals surface area contributed by atoms with Crippen LogP contribution in [-0.4, -0.2) is 0 Å². The highest BCUT2D eigenvalue weighted by Gasteiger charge is 2.06. The fourth-order valence-electron chi connectivity index (χ4n) is 0.756. The molecule has 0 radical (unpaired) electrons. The second kappa shape index (κ2) is 3.99. The Hall–Kier alpha value is 0.570. The molecule has 0 saturated carbocycles. The molecule has 0 saturated heterocycles. The van der Waals surface area contributed by atoms with Crippen LogP contribution in [-0.2, 0) is 6.54 Å². The van der Waals surface area contributed by atoms with Gasteiger partial charge in [-0.25, -0.2) is 4.39 Å². The molecule has 0 atom stereocenters. The molecule has 60 valence electrons. The Morgan fingerprint density at radius 3 is 2.45 bits per heavy atom. The minimum Gasteiger partial charge on any atom is -0.326 e. The zero-order valence-corrected chi connectivity index (χ0v) is 9.89. The highest BCUT2D eigenvalue weighted by Crippen LogP contribution is 2.21. The van der Waals surface area contributed by atoms with E-state index in [0.29, 0.717) is 5.56 Å². The van der Waals surface area contributed by atoms with Crippen molar-refractivity contribution >= 4 is 45.2 Å². The number of hydrogen-bond acceptors (Lipinski definition) is 1. The van der Waals surface area contributed by atoms with Gasteiger partial charge < -0.3 is 5.73 Å². The van der Waals surface area contributed by atoms with Gasteiger partial charge in [0.2, 0.25) is 0 Å². The van der Waals surface area contributed by atoms with Crippen LogP contribution in [0.4, 0.5) is 4.39 Å². The van der Waals surface area contributed by atoms with Gasteiger partial charge in [0, 0.05) is 19.2 Å². The molecule has 0 aliphatic rings. The van der Waals surface area contributed by atoms with E-state index >= 15 is 0 Å². The summed E-state index contributed by atoms with van der Waals surface area (Å²) >= 11 is 4.26. The summed E-state index contributed by atoms with van der Waals surface area (Å²) in [5, 5.41) is 0. The predicted octanol–water partition coefficient (Wildman–Crippen LogP) is 2.49. The van der Waals surface area contributed by atoms with Crippen molar-refractivity contribution in [1.82, 2.24) is 0 Å². The highest BCUT2D eigenvalue weighted by molar-refractivity contribution is 14.1. The van der Waals surface area contributed by atoms with E-state index in [9.17, 15) is 4.39 Å². The van der Waals surface area contributed by atoms with Crippen molar-refractivity contribution in [2.75, 3.05) is 0 Å². The zero-order valence-electron chi connectivity index (χ0n) is 5.57. The average Bonchev–Trinajstić information content (AvgIpc) is 1.99. The number of halogens is 3. The van der Waals surface area contributed by atoms with Crippen molar-refractivity contribution in [3.8, 4) is 0 Å². The summed E-state index contributed by atoms with van der Waals surface area (Å²) < 4.78 is 14.9. The zero-order chi connectivity index (χ0) is 8.43. The van der Waals surface area contributed by atoms with E-state index in [4.69, 9.17) is 5.73 Å². The maximum atomic E-state index is 12.9. The van der Waals surface area contributed by atoms with Gasteiger partial charge in [-0.2, -0.15) is 0 Å². The summed E-state index contributed by atoms with van der Waals surface area (Å²) in [5.41, 5.74) is 5.98. The summed E-state index contributed by atoms with van der Waals surface area (Å²) in [6, 6.07) is 3.20. The van der Waals surface area contributed by atoms with E-state index in [1.54, 1.807) is 6.07 Å². The van der Waals surface area contributed by atoms with Crippen molar-refractivity contribution in [2.45, 2.75) is 6.54 Å². The predicted molar refractivity (Wildman–Crippen MR) is 59.7 cm³/mol. The Balaban J connectivity index is 3.29. The topological polar surface area (TPSA) is 26.0 Å². The van der Waals surface area contributed by atoms with E-state index < -0.39 is 0 Å². The van der Waals surface area contributed by atoms with Gasteiger partial charge in [-0.05, 0) is 57.3 Å². The second-order valence-corrected chi connectivity index (χ2v) is 4.27. The third-order valence-electron chi connectivity index (χ3n) is 1.34. The van der Waals surface area contributed by atoms with Gasteiger partial charge in [0.25, 0.3) is 0 Å². The molecule has 0 amide bonds. The Labute approximate surface area is 91.8 Å². The molecule has 0 spiro atoms. The van der Waals surface area contributed by atoms with Crippen LogP contribution in [0.25, 0.3) is 0 Å². The molecule has 4 heteroatoms. The Bertz CT molecular complexity index is 275. The van der Waals surface area contributed by atoms with E-state index in [1.165, 1.54) is 6.07 Å². The number of rotatable bonds is 1. The summed E-state index contributed by atoms with van der Waals surface area (Å²) in [4.78, 5) is 0. The van der Waals surface area contributed by atoms with Crippen molar-refractivity contribution in [1.29, 1.82) is 0 Å². The molecule has 0 bridgehead atoms. The minimum atomic E-state index is -0.211. The van der Waals surface area contributed by atoms with E-state index in [1.807, 2.05) is 0 Å². The summed E-state index contributed by atoms with van der Waals surface area (Å²) in [7, 11) is 0. The smallest absolute Gasteiger partial charge is 0.128 e. The summed E-state index contributed by atoms with van der Waals surface area (Å²) in [5.74, 6) is -0.211. The van der Waals surface area contributed by atoms with Crippen molar-refractivity contribution in [3.05, 3.63) is 30.7 Å². The summed E-state index contributed by atoms with van der Waals surface area (Å²) in [6.07, 6.45) is 0. The number of nitrogens with two attached hydrogens (primary N) is 1. The van der Waals surface area contributed by atoms with E-state index in [2.05, 4.69) is 45.2 Å². The SMILES string of the molecule is NCc1c(F)ccc(I)c1I. The number of benzene rings is 1. The molecular formula is C7H6FI2N. The van der Waals surface area contributed by atoms with Crippen LogP contribution < -0.4 is 5.73 Å². The Kier molecular flexibility index (Phi) is 3.51. The Morgan fingerprint density at radius 1 is 1.36 bits per heavy atom. The molecule has 0 aliphatic carbocycles. The Morgan fingerprint density at radius 2 is 2.00 bits per heavy atom. The van der Waals surface area contributed by atoms with Crippen LogP contribution in [0.15, 0.2) is 12.1 Å². The van der Waals surface area contributed by atoms with Crippen LogP contribution >= 0.6 is 45.2 Å². The molecule has 11 heavy (non-hydrogen) atoms. The van der Waals surface area contributed by atoms with Crippen molar-refractivity contribution in [2.24, 2.45) is 5.73 Å². The molecule has 1 aromatic rings. The molecule has 0 fully saturated rings. The first-order chi connectivity index (χ1) is 5.16. The molecule has 1 nitrogen and oxygen atoms in total. The normalized spacial score (nSPS) is 10.2. The molecule has 2 N–H and O–H groups in total. The third-order valence-corrected chi connectivity index (χ3v) is 4.51. The molecular weight excluding hydrogens is 371 g/mol. The lowest BCUT2D eigenvalue weighted by Crippen LogP contribution is -2.03. The first-order valence-electron chi connectivity index (χ1n) is 2.99. The van der Waals surface area contributed by atoms with Gasteiger partial charge in [-0.15, -0.1) is 0 Å². The molecule has 1 aromatic carbocycles. The highest BCUT2D eigenvalue weighted by atomic mass is 127. The van der Waals surface area contributed by atoms with E-state index in [0.717, 1.165) is 7.14 Å². The maximum Gasteiger partial charge on any atom is 0.128 e. The van der Waals surface area contributed by atoms with Crippen LogP contribution in [0.5, 0.6) is 0 Å². The lowest BCUT2D eigenvalue weighted by molar-refractivity contribution is 0.608. The van der Waals surface area contributed by atoms with Gasteiger partial charge in [0.1, 0.15) is 5.82 Å². The van der Waals surface area contributed by atoms with Crippen LogP contribution in [0.2, 0.25) is 0 Å². The fourth-order valence-corrected chi connectivity index (χ4v) is 1.92. The molecule has 0 heterocycles. The molecule has 0 unspecified atom stereocenters. The monoisotopic (exact) mass is 377 g/mol. The number of hydrogen-bond donors (Lipinski definition) is 1. The van der Waals surface area contributed by atoms with Crippen LogP contribution in [0.3, 0.4) is 0 Å². The van der Waals surface area contributed by atoms with Gasteiger partial charge in [0.15, 0.2) is 0 Å². The van der Waals surface area contributed by atoms with E-state index in [-0.39, 0.29) is 12.4 Å². The van der Waals surface area contributed by atoms with Gasteiger partial charge in [0.05, 0.1) is 0 Å². The van der Waals surface area contributed by atoms with Crippen molar-refractivity contribution in [3.63, 3.8) is 0 Å². The van der Waals surface area contributed by atoms with Crippen molar-refractivity contribution < 1.29 is 4.39 Å². The van der Waals surface area contributed by atoms with Gasteiger partial charge in [-0.1, -0.05) is 0 Å². The largest absolute Gasteiger partial charge is 0.326 e. The fraction of sp³-hybridized carbons (Fsp3) is 0.143. The minimum absolute atomic E-state index is 0.211. The third kappa shape index (κ3) is 2.03. The average molecular weight is 377 g/mol. The maximum absolute atomic E-state index is 12.9. The van der Waals surface area contributed by atoms with Crippen LogP contribution in [0.1, 0.15) is 5.56 Å².